The topological polar surface area (TPSA) is 66.9 Å². The van der Waals surface area contributed by atoms with Crippen molar-refractivity contribution in [2.75, 3.05) is 50.1 Å². The summed E-state index contributed by atoms with van der Waals surface area (Å²) < 4.78 is 16.5. The van der Waals surface area contributed by atoms with E-state index in [1.165, 1.54) is 15.6 Å². The zero-order valence-electron chi connectivity index (χ0n) is 19.6. The van der Waals surface area contributed by atoms with Gasteiger partial charge in [-0.3, -0.25) is 10.2 Å². The second-order valence-electron chi connectivity index (χ2n) is 8.44. The first-order chi connectivity index (χ1) is 17.2. The molecule has 1 aromatic heterocycles. The summed E-state index contributed by atoms with van der Waals surface area (Å²) in [7, 11) is 1.54. The summed E-state index contributed by atoms with van der Waals surface area (Å²) in [6, 6.07) is 23.4. The highest BCUT2D eigenvalue weighted by molar-refractivity contribution is 7.13. The second-order valence-corrected chi connectivity index (χ2v) is 9.25. The van der Waals surface area contributed by atoms with Crippen molar-refractivity contribution < 1.29 is 14.3 Å². The summed E-state index contributed by atoms with van der Waals surface area (Å²) in [5.41, 5.74) is 1.93. The van der Waals surface area contributed by atoms with E-state index in [0.717, 1.165) is 45.0 Å². The van der Waals surface area contributed by atoms with E-state index in [9.17, 15) is 4.79 Å². The number of methoxy groups -OCH3 is 1. The first kappa shape index (κ1) is 23.1. The monoisotopic (exact) mass is 488 g/mol. The van der Waals surface area contributed by atoms with Crippen LogP contribution in [0.15, 0.2) is 72.8 Å². The van der Waals surface area contributed by atoms with Gasteiger partial charge in [0, 0.05) is 43.8 Å². The van der Waals surface area contributed by atoms with Crippen molar-refractivity contribution in [2.24, 2.45) is 0 Å². The zero-order valence-corrected chi connectivity index (χ0v) is 20.5. The first-order valence-corrected chi connectivity index (χ1v) is 12.5. The SMILES string of the molecule is COc1ccccc1OC(=O)Nc1ccc(CCN2CCN(c3nsc4ccccc34)CC2)cc1. The van der Waals surface area contributed by atoms with E-state index in [0.29, 0.717) is 17.2 Å². The Hall–Kier alpha value is -3.62. The number of nitrogens with zero attached hydrogens (tertiary/aromatic N) is 3. The van der Waals surface area contributed by atoms with Crippen LogP contribution in [-0.4, -0.2) is 55.2 Å². The molecule has 0 aliphatic carbocycles. The number of anilines is 2. The van der Waals surface area contributed by atoms with Crippen LogP contribution in [0, 0.1) is 0 Å². The summed E-state index contributed by atoms with van der Waals surface area (Å²) in [6.07, 6.45) is 0.416. The highest BCUT2D eigenvalue weighted by Gasteiger charge is 2.20. The number of nitrogens with one attached hydrogen (secondary N) is 1. The molecule has 1 aliphatic rings. The number of rotatable bonds is 7. The van der Waals surface area contributed by atoms with Crippen LogP contribution in [0.25, 0.3) is 10.1 Å². The molecule has 180 valence electrons. The smallest absolute Gasteiger partial charge is 0.417 e. The zero-order chi connectivity index (χ0) is 24.0. The van der Waals surface area contributed by atoms with Crippen molar-refractivity contribution in [3.8, 4) is 11.5 Å². The van der Waals surface area contributed by atoms with E-state index in [4.69, 9.17) is 13.8 Å². The molecule has 7 nitrogen and oxygen atoms in total. The van der Waals surface area contributed by atoms with E-state index >= 15 is 0 Å². The van der Waals surface area contributed by atoms with Gasteiger partial charge in [0.05, 0.1) is 11.8 Å². The van der Waals surface area contributed by atoms with Crippen molar-refractivity contribution in [3.63, 3.8) is 0 Å². The normalized spacial score (nSPS) is 14.1. The number of carbonyl (C=O) groups excluding carboxylic acids is 1. The van der Waals surface area contributed by atoms with Crippen molar-refractivity contribution in [3.05, 3.63) is 78.4 Å². The van der Waals surface area contributed by atoms with Gasteiger partial charge in [-0.05, 0) is 59.9 Å². The highest BCUT2D eigenvalue weighted by atomic mass is 32.1. The van der Waals surface area contributed by atoms with Gasteiger partial charge in [0.1, 0.15) is 5.82 Å². The number of piperazine rings is 1. The van der Waals surface area contributed by atoms with Gasteiger partial charge in [0.25, 0.3) is 0 Å². The molecule has 2 heterocycles. The fraction of sp³-hybridized carbons (Fsp3) is 0.259. The Bertz CT molecular complexity index is 1280. The lowest BCUT2D eigenvalue weighted by molar-refractivity contribution is 0.213. The van der Waals surface area contributed by atoms with E-state index in [-0.39, 0.29) is 0 Å². The number of ether oxygens (including phenoxy) is 2. The van der Waals surface area contributed by atoms with Crippen LogP contribution in [0.1, 0.15) is 5.56 Å². The molecule has 0 spiro atoms. The van der Waals surface area contributed by atoms with Crippen molar-refractivity contribution in [1.82, 2.24) is 9.27 Å². The predicted octanol–water partition coefficient (Wildman–Crippen LogP) is 5.28. The van der Waals surface area contributed by atoms with Gasteiger partial charge in [-0.2, -0.15) is 4.37 Å². The minimum atomic E-state index is -0.548. The van der Waals surface area contributed by atoms with Gasteiger partial charge >= 0.3 is 6.09 Å². The van der Waals surface area contributed by atoms with Crippen molar-refractivity contribution in [1.29, 1.82) is 0 Å². The number of benzene rings is 3. The molecule has 0 saturated carbocycles. The Labute approximate surface area is 209 Å². The number of amides is 1. The molecule has 0 unspecified atom stereocenters. The Kier molecular flexibility index (Phi) is 7.11. The number of carbonyl (C=O) groups is 1. The third-order valence-corrected chi connectivity index (χ3v) is 7.04. The lowest BCUT2D eigenvalue weighted by atomic mass is 10.1. The number of hydrogen-bond acceptors (Lipinski definition) is 7. The summed E-state index contributed by atoms with van der Waals surface area (Å²) in [5, 5.41) is 4.02. The van der Waals surface area contributed by atoms with Crippen LogP contribution >= 0.6 is 11.5 Å². The maximum Gasteiger partial charge on any atom is 0.417 e. The van der Waals surface area contributed by atoms with Crippen molar-refractivity contribution >= 4 is 39.2 Å². The van der Waals surface area contributed by atoms with Crippen LogP contribution in [0.3, 0.4) is 0 Å². The molecule has 1 N–H and O–H groups in total. The average Bonchev–Trinajstić information content (AvgIpc) is 3.33. The quantitative estimate of drug-likeness (QED) is 0.382. The lowest BCUT2D eigenvalue weighted by Gasteiger charge is -2.35. The number of hydrogen-bond donors (Lipinski definition) is 1. The molecule has 0 radical (unpaired) electrons. The number of fused-ring (bicyclic) bond motifs is 1. The Morgan fingerprint density at radius 1 is 0.943 bits per heavy atom. The van der Waals surface area contributed by atoms with Gasteiger partial charge in [0.15, 0.2) is 11.5 Å². The fourth-order valence-corrected chi connectivity index (χ4v) is 5.07. The Morgan fingerprint density at radius 2 is 1.66 bits per heavy atom. The Balaban J connectivity index is 1.08. The van der Waals surface area contributed by atoms with Gasteiger partial charge in [-0.25, -0.2) is 4.79 Å². The number of aromatic nitrogens is 1. The third kappa shape index (κ3) is 5.55. The standard InChI is InChI=1S/C27H28N4O3S/c1-33-23-7-3-4-8-24(23)34-27(32)28-21-12-10-20(11-13-21)14-15-30-16-18-31(19-17-30)26-22-6-2-5-9-25(22)35-29-26/h2-13H,14-19H2,1H3,(H,28,32). The molecule has 35 heavy (non-hydrogen) atoms. The summed E-state index contributed by atoms with van der Waals surface area (Å²) in [5.74, 6) is 2.02. The molecule has 1 amide bonds. The largest absolute Gasteiger partial charge is 0.493 e. The highest BCUT2D eigenvalue weighted by Crippen LogP contribution is 2.30. The lowest BCUT2D eigenvalue weighted by Crippen LogP contribution is -2.47. The maximum atomic E-state index is 12.2. The molecular formula is C27H28N4O3S. The summed E-state index contributed by atoms with van der Waals surface area (Å²) in [6.45, 7) is 5.05. The molecule has 4 aromatic rings. The van der Waals surface area contributed by atoms with E-state index in [1.807, 2.05) is 18.2 Å². The van der Waals surface area contributed by atoms with Crippen LogP contribution in [0.4, 0.5) is 16.3 Å². The number of para-hydroxylation sites is 2. The average molecular weight is 489 g/mol. The van der Waals surface area contributed by atoms with Crippen LogP contribution in [-0.2, 0) is 6.42 Å². The van der Waals surface area contributed by atoms with E-state index in [2.05, 4.69) is 51.5 Å². The molecule has 3 aromatic carbocycles. The molecule has 0 bridgehead atoms. The third-order valence-electron chi connectivity index (χ3n) is 6.22. The van der Waals surface area contributed by atoms with Crippen LogP contribution < -0.4 is 19.7 Å². The maximum absolute atomic E-state index is 12.2. The van der Waals surface area contributed by atoms with Gasteiger partial charge in [-0.15, -0.1) is 0 Å². The first-order valence-electron chi connectivity index (χ1n) is 11.7. The fourth-order valence-electron chi connectivity index (χ4n) is 4.27. The molecule has 5 rings (SSSR count). The Morgan fingerprint density at radius 3 is 2.43 bits per heavy atom. The molecule has 8 heteroatoms. The molecule has 1 saturated heterocycles. The second kappa shape index (κ2) is 10.8. The van der Waals surface area contributed by atoms with Crippen LogP contribution in [0.2, 0.25) is 0 Å². The molecule has 1 fully saturated rings. The summed E-state index contributed by atoms with van der Waals surface area (Å²) in [4.78, 5) is 17.2. The molecule has 0 atom stereocenters. The van der Waals surface area contributed by atoms with Gasteiger partial charge in [0.2, 0.25) is 0 Å². The van der Waals surface area contributed by atoms with E-state index < -0.39 is 6.09 Å². The van der Waals surface area contributed by atoms with Gasteiger partial charge < -0.3 is 14.4 Å². The minimum absolute atomic E-state index is 0.382. The van der Waals surface area contributed by atoms with Crippen LogP contribution in [0.5, 0.6) is 11.5 Å². The van der Waals surface area contributed by atoms with E-state index in [1.54, 1.807) is 36.8 Å². The van der Waals surface area contributed by atoms with Crippen molar-refractivity contribution in [2.45, 2.75) is 6.42 Å². The predicted molar refractivity (Wildman–Crippen MR) is 141 cm³/mol. The van der Waals surface area contributed by atoms with Gasteiger partial charge in [-0.1, -0.05) is 36.4 Å². The molecule has 1 aliphatic heterocycles. The minimum Gasteiger partial charge on any atom is -0.493 e. The molecular weight excluding hydrogens is 460 g/mol. The summed E-state index contributed by atoms with van der Waals surface area (Å²) >= 11 is 1.58.